The van der Waals surface area contributed by atoms with Crippen molar-refractivity contribution in [2.45, 2.75) is 31.6 Å². The zero-order valence-electron chi connectivity index (χ0n) is 8.89. The maximum Gasteiger partial charge on any atom is 0.0641 e. The second-order valence-corrected chi connectivity index (χ2v) is 4.97. The van der Waals surface area contributed by atoms with E-state index in [0.717, 1.165) is 19.4 Å². The number of aryl methyl sites for hydroxylation is 1. The molecule has 0 aliphatic rings. The summed E-state index contributed by atoms with van der Waals surface area (Å²) in [4.78, 5) is -0.287. The van der Waals surface area contributed by atoms with Crippen LogP contribution in [0.4, 0.5) is 0 Å². The summed E-state index contributed by atoms with van der Waals surface area (Å²) in [7, 11) is 0. The van der Waals surface area contributed by atoms with Crippen molar-refractivity contribution in [1.82, 2.24) is 0 Å². The minimum Gasteiger partial charge on any atom is -0.330 e. The van der Waals surface area contributed by atoms with Gasteiger partial charge in [0.1, 0.15) is 0 Å². The lowest BCUT2D eigenvalue weighted by molar-refractivity contribution is 0.734. The second kappa shape index (κ2) is 4.81. The van der Waals surface area contributed by atoms with Crippen molar-refractivity contribution in [3.63, 3.8) is 0 Å². The third-order valence-electron chi connectivity index (χ3n) is 2.31. The maximum absolute atomic E-state index is 6.31. The summed E-state index contributed by atoms with van der Waals surface area (Å²) in [6.45, 7) is 4.78. The molecule has 1 aromatic carbocycles. The monoisotopic (exact) mass is 211 g/mol. The first-order chi connectivity index (χ1) is 6.55. The lowest BCUT2D eigenvalue weighted by Gasteiger charge is -2.20. The smallest absolute Gasteiger partial charge is 0.0641 e. The van der Waals surface area contributed by atoms with Crippen molar-refractivity contribution in [3.05, 3.63) is 35.4 Å². The Bertz CT molecular complexity index is 289. The fraction of sp³-hybridized carbons (Fsp3) is 0.500. The number of benzene rings is 1. The van der Waals surface area contributed by atoms with E-state index in [4.69, 9.17) is 17.3 Å². The van der Waals surface area contributed by atoms with E-state index in [1.165, 1.54) is 11.1 Å². The number of rotatable bonds is 4. The number of alkyl halides is 1. The van der Waals surface area contributed by atoms with E-state index in [2.05, 4.69) is 18.2 Å². The molecule has 1 aromatic rings. The van der Waals surface area contributed by atoms with Crippen LogP contribution in [0.3, 0.4) is 0 Å². The van der Waals surface area contributed by atoms with Gasteiger partial charge in [-0.15, -0.1) is 11.6 Å². The third kappa shape index (κ3) is 3.00. The molecule has 0 radical (unpaired) electrons. The topological polar surface area (TPSA) is 26.0 Å². The molecule has 0 spiro atoms. The van der Waals surface area contributed by atoms with Gasteiger partial charge in [0, 0.05) is 0 Å². The Kier molecular flexibility index (Phi) is 3.97. The third-order valence-corrected chi connectivity index (χ3v) is 2.51. The Balaban J connectivity index is 2.92. The standard InChI is InChI=1S/C12H18ClN/c1-12(2,13)11-8-4-3-6-10(11)7-5-9-14/h3-4,6,8H,5,7,9,14H2,1-2H3. The average molecular weight is 212 g/mol. The molecule has 0 amide bonds. The molecule has 0 saturated carbocycles. The molecule has 1 rings (SSSR count). The predicted molar refractivity (Wildman–Crippen MR) is 62.7 cm³/mol. The first-order valence-corrected chi connectivity index (χ1v) is 5.41. The highest BCUT2D eigenvalue weighted by Gasteiger charge is 2.19. The van der Waals surface area contributed by atoms with Crippen LogP contribution in [0, 0.1) is 0 Å². The van der Waals surface area contributed by atoms with Crippen LogP contribution in [0.1, 0.15) is 31.4 Å². The number of hydrogen-bond donors (Lipinski definition) is 1. The Morgan fingerprint density at radius 3 is 2.50 bits per heavy atom. The lowest BCUT2D eigenvalue weighted by atomic mass is 9.94. The van der Waals surface area contributed by atoms with Gasteiger partial charge in [-0.1, -0.05) is 24.3 Å². The number of hydrogen-bond acceptors (Lipinski definition) is 1. The summed E-state index contributed by atoms with van der Waals surface area (Å²) in [5.41, 5.74) is 8.04. The van der Waals surface area contributed by atoms with Crippen LogP contribution in [0.25, 0.3) is 0 Å². The highest BCUT2D eigenvalue weighted by molar-refractivity contribution is 6.23. The largest absolute Gasteiger partial charge is 0.330 e. The molecule has 0 aliphatic heterocycles. The van der Waals surface area contributed by atoms with Gasteiger partial charge in [0.15, 0.2) is 0 Å². The molecule has 0 aromatic heterocycles. The molecule has 0 aliphatic carbocycles. The Labute approximate surface area is 91.3 Å². The minimum absolute atomic E-state index is 0.287. The van der Waals surface area contributed by atoms with Crippen LogP contribution >= 0.6 is 11.6 Å². The van der Waals surface area contributed by atoms with Crippen molar-refractivity contribution in [2.75, 3.05) is 6.54 Å². The fourth-order valence-corrected chi connectivity index (χ4v) is 1.80. The molecular weight excluding hydrogens is 194 g/mol. The van der Waals surface area contributed by atoms with Gasteiger partial charge < -0.3 is 5.73 Å². The summed E-state index contributed by atoms with van der Waals surface area (Å²) >= 11 is 6.31. The summed E-state index contributed by atoms with van der Waals surface area (Å²) in [6, 6.07) is 8.32. The molecule has 0 unspecified atom stereocenters. The van der Waals surface area contributed by atoms with Gasteiger partial charge in [-0.2, -0.15) is 0 Å². The Morgan fingerprint density at radius 1 is 1.29 bits per heavy atom. The van der Waals surface area contributed by atoms with Crippen LogP contribution < -0.4 is 5.73 Å². The molecule has 2 heteroatoms. The zero-order chi connectivity index (χ0) is 10.6. The summed E-state index contributed by atoms with van der Waals surface area (Å²) < 4.78 is 0. The maximum atomic E-state index is 6.31. The normalized spacial score (nSPS) is 11.7. The molecule has 78 valence electrons. The van der Waals surface area contributed by atoms with Crippen molar-refractivity contribution in [1.29, 1.82) is 0 Å². The van der Waals surface area contributed by atoms with E-state index >= 15 is 0 Å². The van der Waals surface area contributed by atoms with Gasteiger partial charge in [-0.25, -0.2) is 0 Å². The Morgan fingerprint density at radius 2 is 1.93 bits per heavy atom. The van der Waals surface area contributed by atoms with Gasteiger partial charge in [-0.3, -0.25) is 0 Å². The van der Waals surface area contributed by atoms with Crippen LogP contribution in [0.2, 0.25) is 0 Å². The lowest BCUT2D eigenvalue weighted by Crippen LogP contribution is -2.12. The fourth-order valence-electron chi connectivity index (χ4n) is 1.61. The molecule has 0 atom stereocenters. The molecule has 0 bridgehead atoms. The molecule has 0 heterocycles. The van der Waals surface area contributed by atoms with E-state index in [0.29, 0.717) is 0 Å². The summed E-state index contributed by atoms with van der Waals surface area (Å²) in [5.74, 6) is 0. The first-order valence-electron chi connectivity index (χ1n) is 5.03. The van der Waals surface area contributed by atoms with Gasteiger partial charge in [0.05, 0.1) is 4.87 Å². The molecule has 14 heavy (non-hydrogen) atoms. The molecule has 0 saturated heterocycles. The SMILES string of the molecule is CC(C)(Cl)c1ccccc1CCCN. The molecule has 0 fully saturated rings. The van der Waals surface area contributed by atoms with Gasteiger partial charge in [-0.05, 0) is 44.4 Å². The van der Waals surface area contributed by atoms with E-state index in [-0.39, 0.29) is 4.87 Å². The van der Waals surface area contributed by atoms with Crippen molar-refractivity contribution < 1.29 is 0 Å². The number of nitrogens with two attached hydrogens (primary N) is 1. The summed E-state index contributed by atoms with van der Waals surface area (Å²) in [6.07, 6.45) is 2.03. The Hall–Kier alpha value is -0.530. The van der Waals surface area contributed by atoms with Crippen molar-refractivity contribution in [3.8, 4) is 0 Å². The van der Waals surface area contributed by atoms with Gasteiger partial charge >= 0.3 is 0 Å². The van der Waals surface area contributed by atoms with Crippen LogP contribution in [0.15, 0.2) is 24.3 Å². The highest BCUT2D eigenvalue weighted by atomic mass is 35.5. The van der Waals surface area contributed by atoms with Crippen molar-refractivity contribution in [2.24, 2.45) is 5.73 Å². The van der Waals surface area contributed by atoms with E-state index in [9.17, 15) is 0 Å². The molecular formula is C12H18ClN. The second-order valence-electron chi connectivity index (χ2n) is 4.02. The van der Waals surface area contributed by atoms with Crippen LogP contribution in [0.5, 0.6) is 0 Å². The van der Waals surface area contributed by atoms with E-state index < -0.39 is 0 Å². The molecule has 1 nitrogen and oxygen atoms in total. The first kappa shape index (κ1) is 11.5. The van der Waals surface area contributed by atoms with E-state index in [1.807, 2.05) is 19.9 Å². The van der Waals surface area contributed by atoms with E-state index in [1.54, 1.807) is 0 Å². The quantitative estimate of drug-likeness (QED) is 0.762. The van der Waals surface area contributed by atoms with Crippen LogP contribution in [-0.2, 0) is 11.3 Å². The van der Waals surface area contributed by atoms with Crippen LogP contribution in [-0.4, -0.2) is 6.54 Å². The minimum atomic E-state index is -0.287. The molecule has 2 N–H and O–H groups in total. The predicted octanol–water partition coefficient (Wildman–Crippen LogP) is 3.05. The summed E-state index contributed by atoms with van der Waals surface area (Å²) in [5, 5.41) is 0. The van der Waals surface area contributed by atoms with Gasteiger partial charge in [0.2, 0.25) is 0 Å². The number of halogens is 1. The van der Waals surface area contributed by atoms with Gasteiger partial charge in [0.25, 0.3) is 0 Å². The highest BCUT2D eigenvalue weighted by Crippen LogP contribution is 2.30. The zero-order valence-corrected chi connectivity index (χ0v) is 9.64. The average Bonchev–Trinajstić information content (AvgIpc) is 2.14. The van der Waals surface area contributed by atoms with Crippen molar-refractivity contribution >= 4 is 11.6 Å².